The number of amides is 2. The van der Waals surface area contributed by atoms with E-state index < -0.39 is 5.51 Å². The van der Waals surface area contributed by atoms with Crippen molar-refractivity contribution in [3.05, 3.63) is 24.3 Å². The summed E-state index contributed by atoms with van der Waals surface area (Å²) in [4.78, 5) is 14.2. The Hall–Kier alpha value is -1.12. The van der Waals surface area contributed by atoms with E-state index in [0.29, 0.717) is 12.2 Å². The van der Waals surface area contributed by atoms with Gasteiger partial charge in [-0.1, -0.05) is 6.07 Å². The first-order valence-electron chi connectivity index (χ1n) is 7.98. The monoisotopic (exact) mass is 395 g/mol. The van der Waals surface area contributed by atoms with Gasteiger partial charge in [0.25, 0.3) is 0 Å². The molecule has 4 nitrogen and oxygen atoms in total. The summed E-state index contributed by atoms with van der Waals surface area (Å²) in [5, 5.41) is 6.05. The molecule has 1 spiro atoms. The second-order valence-corrected chi connectivity index (χ2v) is 7.57. The maximum absolute atomic E-state index is 12.4. The molecule has 1 aromatic rings. The van der Waals surface area contributed by atoms with E-state index in [1.165, 1.54) is 18.2 Å². The van der Waals surface area contributed by atoms with Crippen LogP contribution in [0.5, 0.6) is 0 Å². The zero-order chi connectivity index (χ0) is 17.2. The minimum absolute atomic E-state index is 0. The first-order valence-corrected chi connectivity index (χ1v) is 8.79. The third-order valence-electron chi connectivity index (χ3n) is 4.71. The number of urea groups is 1. The van der Waals surface area contributed by atoms with Crippen LogP contribution in [0.25, 0.3) is 0 Å². The fraction of sp³-hybridized carbons (Fsp3) is 0.562. The molecule has 0 unspecified atom stereocenters. The standard InChI is InChI=1S/C16H20F3N3OS.ClH/c17-16(18,19)24-13-3-1-2-12(10-13)21-14(23)22-9-6-15(11-22)4-7-20-8-5-15;/h1-3,10,20H,4-9,11H2,(H,21,23);1H. The Labute approximate surface area is 155 Å². The lowest BCUT2D eigenvalue weighted by Crippen LogP contribution is -2.40. The fourth-order valence-electron chi connectivity index (χ4n) is 3.45. The fourth-order valence-corrected chi connectivity index (χ4v) is 4.05. The van der Waals surface area contributed by atoms with Crippen LogP contribution in [0.3, 0.4) is 0 Å². The first kappa shape index (κ1) is 20.2. The Kier molecular flexibility index (Phi) is 6.51. The lowest BCUT2D eigenvalue weighted by molar-refractivity contribution is -0.0328. The van der Waals surface area contributed by atoms with Gasteiger partial charge in [0.15, 0.2) is 0 Å². The van der Waals surface area contributed by atoms with E-state index in [9.17, 15) is 18.0 Å². The van der Waals surface area contributed by atoms with Crippen molar-refractivity contribution < 1.29 is 18.0 Å². The number of anilines is 1. The lowest BCUT2D eigenvalue weighted by Gasteiger charge is -2.33. The van der Waals surface area contributed by atoms with Crippen molar-refractivity contribution in [3.63, 3.8) is 0 Å². The summed E-state index contributed by atoms with van der Waals surface area (Å²) in [6.07, 6.45) is 3.12. The highest BCUT2D eigenvalue weighted by atomic mass is 35.5. The molecule has 2 amide bonds. The predicted octanol–water partition coefficient (Wildman–Crippen LogP) is 4.33. The molecule has 2 aliphatic heterocycles. The van der Waals surface area contributed by atoms with Gasteiger partial charge in [0.1, 0.15) is 0 Å². The summed E-state index contributed by atoms with van der Waals surface area (Å²) in [5.41, 5.74) is -3.74. The minimum atomic E-state index is -4.33. The van der Waals surface area contributed by atoms with Crippen LogP contribution in [0.1, 0.15) is 19.3 Å². The molecule has 0 radical (unpaired) electrons. The Morgan fingerprint density at radius 2 is 1.96 bits per heavy atom. The largest absolute Gasteiger partial charge is 0.446 e. The number of halogens is 4. The average molecular weight is 396 g/mol. The van der Waals surface area contributed by atoms with Crippen molar-refractivity contribution in [1.82, 2.24) is 10.2 Å². The molecule has 0 aliphatic carbocycles. The Morgan fingerprint density at radius 3 is 2.64 bits per heavy atom. The number of alkyl halides is 3. The number of piperidine rings is 1. The molecule has 2 aliphatic rings. The number of nitrogens with zero attached hydrogens (tertiary/aromatic N) is 1. The van der Waals surface area contributed by atoms with Crippen molar-refractivity contribution in [2.75, 3.05) is 31.5 Å². The van der Waals surface area contributed by atoms with Gasteiger partial charge >= 0.3 is 11.5 Å². The SMILES string of the molecule is Cl.O=C(Nc1cccc(SC(F)(F)F)c1)N1CCC2(CCNCC2)C1. The zero-order valence-electron chi connectivity index (χ0n) is 13.6. The quantitative estimate of drug-likeness (QED) is 0.733. The Morgan fingerprint density at radius 1 is 1.24 bits per heavy atom. The van der Waals surface area contributed by atoms with Gasteiger partial charge in [0.05, 0.1) is 0 Å². The molecule has 0 bridgehead atoms. The number of benzene rings is 1. The zero-order valence-corrected chi connectivity index (χ0v) is 15.2. The van der Waals surface area contributed by atoms with Crippen molar-refractivity contribution in [3.8, 4) is 0 Å². The molecule has 2 fully saturated rings. The number of hydrogen-bond donors (Lipinski definition) is 2. The Balaban J connectivity index is 0.00000225. The molecule has 2 heterocycles. The number of nitrogens with one attached hydrogen (secondary N) is 2. The van der Waals surface area contributed by atoms with Crippen molar-refractivity contribution >= 4 is 35.9 Å². The van der Waals surface area contributed by atoms with Gasteiger partial charge < -0.3 is 15.5 Å². The van der Waals surface area contributed by atoms with Crippen LogP contribution in [0, 0.1) is 5.41 Å². The van der Waals surface area contributed by atoms with E-state index in [0.717, 1.165) is 38.9 Å². The van der Waals surface area contributed by atoms with Crippen LogP contribution in [-0.2, 0) is 0 Å². The second-order valence-electron chi connectivity index (χ2n) is 6.43. The molecular formula is C16H21ClF3N3OS. The summed E-state index contributed by atoms with van der Waals surface area (Å²) in [5.74, 6) is 0. The third kappa shape index (κ3) is 5.43. The number of rotatable bonds is 2. The van der Waals surface area contributed by atoms with Gasteiger partial charge in [0.2, 0.25) is 0 Å². The Bertz CT molecular complexity index is 609. The summed E-state index contributed by atoms with van der Waals surface area (Å²) in [6, 6.07) is 5.62. The lowest BCUT2D eigenvalue weighted by atomic mass is 9.78. The van der Waals surface area contributed by atoms with E-state index in [1.54, 1.807) is 11.0 Å². The maximum Gasteiger partial charge on any atom is 0.446 e. The van der Waals surface area contributed by atoms with Crippen LogP contribution in [0.2, 0.25) is 0 Å². The molecular weight excluding hydrogens is 375 g/mol. The summed E-state index contributed by atoms with van der Waals surface area (Å²) in [6.45, 7) is 3.37. The van der Waals surface area contributed by atoms with Gasteiger partial charge in [0, 0.05) is 23.7 Å². The molecule has 1 aromatic carbocycles. The van der Waals surface area contributed by atoms with Crippen LogP contribution >= 0.6 is 24.2 Å². The summed E-state index contributed by atoms with van der Waals surface area (Å²) < 4.78 is 37.3. The highest BCUT2D eigenvalue weighted by molar-refractivity contribution is 8.00. The van der Waals surface area contributed by atoms with Crippen LogP contribution in [-0.4, -0.2) is 42.6 Å². The van der Waals surface area contributed by atoms with Gasteiger partial charge in [-0.3, -0.25) is 0 Å². The molecule has 140 valence electrons. The molecule has 2 saturated heterocycles. The highest BCUT2D eigenvalue weighted by Crippen LogP contribution is 2.39. The number of hydrogen-bond acceptors (Lipinski definition) is 3. The summed E-state index contributed by atoms with van der Waals surface area (Å²) in [7, 11) is 0. The van der Waals surface area contributed by atoms with Gasteiger partial charge in [-0.2, -0.15) is 13.2 Å². The third-order valence-corrected chi connectivity index (χ3v) is 5.43. The van der Waals surface area contributed by atoms with Gasteiger partial charge in [-0.15, -0.1) is 12.4 Å². The molecule has 0 atom stereocenters. The van der Waals surface area contributed by atoms with Crippen LogP contribution in [0.4, 0.5) is 23.7 Å². The average Bonchev–Trinajstić information content (AvgIpc) is 2.90. The molecule has 9 heteroatoms. The number of carbonyl (C=O) groups excluding carboxylic acids is 1. The molecule has 0 saturated carbocycles. The number of carbonyl (C=O) groups is 1. The first-order chi connectivity index (χ1) is 11.4. The molecule has 3 rings (SSSR count). The van der Waals surface area contributed by atoms with Crippen molar-refractivity contribution in [2.24, 2.45) is 5.41 Å². The predicted molar refractivity (Wildman–Crippen MR) is 95.3 cm³/mol. The van der Waals surface area contributed by atoms with Crippen molar-refractivity contribution in [2.45, 2.75) is 29.7 Å². The highest BCUT2D eigenvalue weighted by Gasteiger charge is 2.40. The van der Waals surface area contributed by atoms with E-state index in [2.05, 4.69) is 10.6 Å². The van der Waals surface area contributed by atoms with Crippen LogP contribution < -0.4 is 10.6 Å². The summed E-state index contributed by atoms with van der Waals surface area (Å²) >= 11 is -0.180. The van der Waals surface area contributed by atoms with Crippen LogP contribution in [0.15, 0.2) is 29.2 Å². The van der Waals surface area contributed by atoms with E-state index in [1.807, 2.05) is 0 Å². The minimum Gasteiger partial charge on any atom is -0.324 e. The van der Waals surface area contributed by atoms with Crippen molar-refractivity contribution in [1.29, 1.82) is 0 Å². The number of thioether (sulfide) groups is 1. The molecule has 0 aromatic heterocycles. The van der Waals surface area contributed by atoms with Gasteiger partial charge in [-0.25, -0.2) is 4.79 Å². The van der Waals surface area contributed by atoms with Gasteiger partial charge in [-0.05, 0) is 67.7 Å². The normalized spacial score (nSPS) is 19.6. The maximum atomic E-state index is 12.4. The molecule has 25 heavy (non-hydrogen) atoms. The van der Waals surface area contributed by atoms with E-state index in [-0.39, 0.29) is 40.5 Å². The van der Waals surface area contributed by atoms with E-state index in [4.69, 9.17) is 0 Å². The molecule has 2 N–H and O–H groups in total. The second kappa shape index (κ2) is 8.05. The van der Waals surface area contributed by atoms with E-state index >= 15 is 0 Å². The smallest absolute Gasteiger partial charge is 0.324 e. The topological polar surface area (TPSA) is 44.4 Å². The number of likely N-dealkylation sites (tertiary alicyclic amines) is 1.